The smallest absolute Gasteiger partial charge is 0.0509 e. The molecule has 1 atom stereocenters. The first-order chi connectivity index (χ1) is 9.63. The van der Waals surface area contributed by atoms with Crippen molar-refractivity contribution in [3.63, 3.8) is 0 Å². The van der Waals surface area contributed by atoms with Crippen LogP contribution in [0.5, 0.6) is 0 Å². The predicted molar refractivity (Wildman–Crippen MR) is 88.0 cm³/mol. The van der Waals surface area contributed by atoms with Gasteiger partial charge < -0.3 is 10.1 Å². The largest absolute Gasteiger partial charge is 0.381 e. The van der Waals surface area contributed by atoms with Crippen LogP contribution >= 0.6 is 15.9 Å². The van der Waals surface area contributed by atoms with Gasteiger partial charge in [0, 0.05) is 23.7 Å². The van der Waals surface area contributed by atoms with E-state index in [0.717, 1.165) is 36.6 Å². The molecule has 2 nitrogen and oxygen atoms in total. The topological polar surface area (TPSA) is 21.3 Å². The minimum absolute atomic E-state index is 0.533. The quantitative estimate of drug-likeness (QED) is 0.733. The van der Waals surface area contributed by atoms with Gasteiger partial charge >= 0.3 is 0 Å². The molecule has 1 aliphatic rings. The molecule has 0 aromatic heterocycles. The van der Waals surface area contributed by atoms with Crippen LogP contribution in [0.25, 0.3) is 0 Å². The number of ether oxygens (including phenoxy) is 1. The van der Waals surface area contributed by atoms with E-state index in [1.54, 1.807) is 0 Å². The number of halogens is 1. The van der Waals surface area contributed by atoms with Crippen molar-refractivity contribution in [3.05, 3.63) is 34.3 Å². The Balaban J connectivity index is 1.80. The van der Waals surface area contributed by atoms with Gasteiger partial charge in [-0.1, -0.05) is 41.9 Å². The van der Waals surface area contributed by atoms with Gasteiger partial charge in [-0.15, -0.1) is 0 Å². The first-order valence-electron chi connectivity index (χ1n) is 7.69. The molecular formula is C17H26BrNO. The molecule has 3 heteroatoms. The summed E-state index contributed by atoms with van der Waals surface area (Å²) < 4.78 is 7.04. The van der Waals surface area contributed by atoms with Crippen molar-refractivity contribution in [3.8, 4) is 0 Å². The SMILES string of the molecule is CC(C)NCC(COCC1CC1)Cc1ccc(Br)cc1. The van der Waals surface area contributed by atoms with Gasteiger partial charge in [-0.05, 0) is 48.8 Å². The summed E-state index contributed by atoms with van der Waals surface area (Å²) >= 11 is 3.49. The van der Waals surface area contributed by atoms with Gasteiger partial charge in [-0.2, -0.15) is 0 Å². The van der Waals surface area contributed by atoms with Crippen LogP contribution in [-0.4, -0.2) is 25.8 Å². The average molecular weight is 340 g/mol. The number of benzene rings is 1. The third kappa shape index (κ3) is 6.38. The lowest BCUT2D eigenvalue weighted by Crippen LogP contribution is -2.32. The second-order valence-electron chi connectivity index (χ2n) is 6.24. The van der Waals surface area contributed by atoms with E-state index >= 15 is 0 Å². The Morgan fingerprint density at radius 3 is 2.55 bits per heavy atom. The molecule has 1 aromatic carbocycles. The van der Waals surface area contributed by atoms with Crippen molar-refractivity contribution < 1.29 is 4.74 Å². The van der Waals surface area contributed by atoms with Crippen LogP contribution in [0.3, 0.4) is 0 Å². The first-order valence-corrected chi connectivity index (χ1v) is 8.48. The monoisotopic (exact) mass is 339 g/mol. The van der Waals surface area contributed by atoms with Crippen LogP contribution < -0.4 is 5.32 Å². The van der Waals surface area contributed by atoms with Gasteiger partial charge in [-0.3, -0.25) is 0 Å². The maximum atomic E-state index is 5.90. The summed E-state index contributed by atoms with van der Waals surface area (Å²) in [5.74, 6) is 1.40. The molecule has 0 spiro atoms. The van der Waals surface area contributed by atoms with Crippen LogP contribution in [0.1, 0.15) is 32.3 Å². The van der Waals surface area contributed by atoms with Crippen LogP contribution in [0.2, 0.25) is 0 Å². The lowest BCUT2D eigenvalue weighted by molar-refractivity contribution is 0.0900. The summed E-state index contributed by atoms with van der Waals surface area (Å²) in [5, 5.41) is 3.54. The third-order valence-corrected chi connectivity index (χ3v) is 4.19. The van der Waals surface area contributed by atoms with Crippen LogP contribution in [0.15, 0.2) is 28.7 Å². The molecule has 0 bridgehead atoms. The number of hydrogen-bond donors (Lipinski definition) is 1. The standard InChI is InChI=1S/C17H26BrNO/c1-13(2)19-10-16(12-20-11-15-3-4-15)9-14-5-7-17(18)8-6-14/h5-8,13,15-16,19H,3-4,9-12H2,1-2H3. The number of nitrogens with one attached hydrogen (secondary N) is 1. The Hall–Kier alpha value is -0.380. The molecule has 1 aliphatic carbocycles. The highest BCUT2D eigenvalue weighted by Crippen LogP contribution is 2.29. The molecule has 0 saturated heterocycles. The van der Waals surface area contributed by atoms with Gasteiger partial charge in [0.25, 0.3) is 0 Å². The molecular weight excluding hydrogens is 314 g/mol. The molecule has 20 heavy (non-hydrogen) atoms. The number of hydrogen-bond acceptors (Lipinski definition) is 2. The maximum absolute atomic E-state index is 5.90. The van der Waals surface area contributed by atoms with E-state index < -0.39 is 0 Å². The summed E-state index contributed by atoms with van der Waals surface area (Å²) in [6, 6.07) is 9.17. The lowest BCUT2D eigenvalue weighted by Gasteiger charge is -2.19. The molecule has 0 aliphatic heterocycles. The first kappa shape index (κ1) is 16.0. The summed E-state index contributed by atoms with van der Waals surface area (Å²) in [4.78, 5) is 0. The molecule has 1 aromatic rings. The van der Waals surface area contributed by atoms with Gasteiger partial charge in [0.05, 0.1) is 6.61 Å². The van der Waals surface area contributed by atoms with E-state index in [4.69, 9.17) is 4.74 Å². The van der Waals surface area contributed by atoms with Crippen molar-refractivity contribution in [2.45, 2.75) is 39.2 Å². The van der Waals surface area contributed by atoms with Crippen LogP contribution in [-0.2, 0) is 11.2 Å². The van der Waals surface area contributed by atoms with Crippen LogP contribution in [0, 0.1) is 11.8 Å². The Labute approximate surface area is 131 Å². The summed E-state index contributed by atoms with van der Waals surface area (Å²) in [6.07, 6.45) is 3.81. The average Bonchev–Trinajstić information content (AvgIpc) is 3.22. The third-order valence-electron chi connectivity index (χ3n) is 3.66. The van der Waals surface area contributed by atoms with Crippen molar-refractivity contribution in [1.82, 2.24) is 5.32 Å². The van der Waals surface area contributed by atoms with Gasteiger partial charge in [0.2, 0.25) is 0 Å². The van der Waals surface area contributed by atoms with E-state index in [1.165, 1.54) is 18.4 Å². The Morgan fingerprint density at radius 2 is 1.95 bits per heavy atom. The van der Waals surface area contributed by atoms with Gasteiger partial charge in [0.1, 0.15) is 0 Å². The van der Waals surface area contributed by atoms with Crippen molar-refractivity contribution in [2.75, 3.05) is 19.8 Å². The Morgan fingerprint density at radius 1 is 1.25 bits per heavy atom. The van der Waals surface area contributed by atoms with Crippen molar-refractivity contribution in [1.29, 1.82) is 0 Å². The van der Waals surface area contributed by atoms with E-state index in [2.05, 4.69) is 59.4 Å². The van der Waals surface area contributed by atoms with Gasteiger partial charge in [-0.25, -0.2) is 0 Å². The zero-order chi connectivity index (χ0) is 14.4. The molecule has 1 unspecified atom stereocenters. The second-order valence-corrected chi connectivity index (χ2v) is 7.16. The molecule has 1 N–H and O–H groups in total. The Kier molecular flexibility index (Phi) is 6.53. The van der Waals surface area contributed by atoms with Crippen LogP contribution in [0.4, 0.5) is 0 Å². The normalized spacial score (nSPS) is 16.6. The highest BCUT2D eigenvalue weighted by molar-refractivity contribution is 9.10. The minimum atomic E-state index is 0.533. The lowest BCUT2D eigenvalue weighted by atomic mass is 10.00. The van der Waals surface area contributed by atoms with E-state index in [9.17, 15) is 0 Å². The van der Waals surface area contributed by atoms with E-state index in [-0.39, 0.29) is 0 Å². The minimum Gasteiger partial charge on any atom is -0.381 e. The molecule has 0 radical (unpaired) electrons. The number of rotatable bonds is 9. The molecule has 2 rings (SSSR count). The van der Waals surface area contributed by atoms with E-state index in [1.807, 2.05) is 0 Å². The summed E-state index contributed by atoms with van der Waals surface area (Å²) in [7, 11) is 0. The van der Waals surface area contributed by atoms with Crippen molar-refractivity contribution in [2.24, 2.45) is 11.8 Å². The highest BCUT2D eigenvalue weighted by atomic mass is 79.9. The fraction of sp³-hybridized carbons (Fsp3) is 0.647. The van der Waals surface area contributed by atoms with Gasteiger partial charge in [0.15, 0.2) is 0 Å². The Bertz CT molecular complexity index is 386. The molecule has 1 saturated carbocycles. The maximum Gasteiger partial charge on any atom is 0.0509 e. The molecule has 1 fully saturated rings. The zero-order valence-corrected chi connectivity index (χ0v) is 14.2. The molecule has 0 amide bonds. The summed E-state index contributed by atoms with van der Waals surface area (Å²) in [5.41, 5.74) is 1.39. The fourth-order valence-electron chi connectivity index (χ4n) is 2.23. The zero-order valence-electron chi connectivity index (χ0n) is 12.6. The molecule has 112 valence electrons. The highest BCUT2D eigenvalue weighted by Gasteiger charge is 2.22. The predicted octanol–water partition coefficient (Wildman–Crippen LogP) is 4.03. The summed E-state index contributed by atoms with van der Waals surface area (Å²) in [6.45, 7) is 7.24. The molecule has 0 heterocycles. The second kappa shape index (κ2) is 8.16. The van der Waals surface area contributed by atoms with Crippen molar-refractivity contribution >= 4 is 15.9 Å². The van der Waals surface area contributed by atoms with E-state index in [0.29, 0.717) is 12.0 Å². The fourth-order valence-corrected chi connectivity index (χ4v) is 2.50.